The first kappa shape index (κ1) is 21.6. The van der Waals surface area contributed by atoms with Crippen LogP contribution in [-0.4, -0.2) is 84.2 Å². The summed E-state index contributed by atoms with van der Waals surface area (Å²) in [5.74, 6) is 0.312. The quantitative estimate of drug-likeness (QED) is 0.587. The first-order chi connectivity index (χ1) is 12.4. The molecule has 1 amide bonds. The van der Waals surface area contributed by atoms with Crippen LogP contribution in [-0.2, 0) is 9.53 Å². The Morgan fingerprint density at radius 2 is 1.88 bits per heavy atom. The van der Waals surface area contributed by atoms with Crippen LogP contribution in [0.4, 0.5) is 0 Å². The minimum absolute atomic E-state index is 0.293. The van der Waals surface area contributed by atoms with Crippen LogP contribution >= 0.6 is 0 Å². The van der Waals surface area contributed by atoms with Crippen LogP contribution < -0.4 is 0 Å². The summed E-state index contributed by atoms with van der Waals surface area (Å²) in [6.07, 6.45) is 6.57. The molecule has 26 heavy (non-hydrogen) atoms. The Labute approximate surface area is 161 Å². The normalized spacial score (nSPS) is 28.0. The SMILES string of the molecule is CCCCCN(C(=O)CN1CCCC1CN1CC(C)OC(C)C1)C(C)C. The molecule has 5 heteroatoms. The van der Waals surface area contributed by atoms with Crippen LogP contribution in [0.5, 0.6) is 0 Å². The van der Waals surface area contributed by atoms with Crippen LogP contribution in [0.2, 0.25) is 0 Å². The van der Waals surface area contributed by atoms with Gasteiger partial charge in [-0.05, 0) is 53.5 Å². The Bertz CT molecular complexity index is 419. The van der Waals surface area contributed by atoms with Gasteiger partial charge in [0.05, 0.1) is 18.8 Å². The maximum atomic E-state index is 12.9. The van der Waals surface area contributed by atoms with Gasteiger partial charge in [-0.2, -0.15) is 0 Å². The highest BCUT2D eigenvalue weighted by atomic mass is 16.5. The van der Waals surface area contributed by atoms with E-state index in [9.17, 15) is 4.79 Å². The molecule has 0 N–H and O–H groups in total. The summed E-state index contributed by atoms with van der Waals surface area (Å²) in [7, 11) is 0. The van der Waals surface area contributed by atoms with Gasteiger partial charge in [-0.1, -0.05) is 19.8 Å². The van der Waals surface area contributed by atoms with Gasteiger partial charge in [-0.25, -0.2) is 0 Å². The van der Waals surface area contributed by atoms with E-state index in [1.54, 1.807) is 0 Å². The van der Waals surface area contributed by atoms with E-state index in [1.165, 1.54) is 25.7 Å². The standard InChI is InChI=1S/C21H41N3O2/c1-6-7-8-12-24(17(2)3)21(25)16-23-11-9-10-20(23)15-22-13-18(4)26-19(5)14-22/h17-20H,6-16H2,1-5H3. The van der Waals surface area contributed by atoms with Gasteiger partial charge in [0.15, 0.2) is 0 Å². The molecule has 2 heterocycles. The lowest BCUT2D eigenvalue weighted by molar-refractivity contribution is -0.134. The molecule has 0 aromatic rings. The number of amides is 1. The molecular weight excluding hydrogens is 326 g/mol. The molecule has 0 saturated carbocycles. The summed E-state index contributed by atoms with van der Waals surface area (Å²) in [6.45, 7) is 16.5. The molecule has 0 spiro atoms. The van der Waals surface area contributed by atoms with Gasteiger partial charge >= 0.3 is 0 Å². The second kappa shape index (κ2) is 10.6. The lowest BCUT2D eigenvalue weighted by Crippen LogP contribution is -2.51. The van der Waals surface area contributed by atoms with Crippen LogP contribution in [0, 0.1) is 0 Å². The van der Waals surface area contributed by atoms with Gasteiger partial charge in [0.2, 0.25) is 5.91 Å². The minimum Gasteiger partial charge on any atom is -0.373 e. The van der Waals surface area contributed by atoms with E-state index in [-0.39, 0.29) is 0 Å². The highest BCUT2D eigenvalue weighted by Gasteiger charge is 2.31. The van der Waals surface area contributed by atoms with Gasteiger partial charge in [0, 0.05) is 38.3 Å². The highest BCUT2D eigenvalue weighted by Crippen LogP contribution is 2.21. The molecule has 5 nitrogen and oxygen atoms in total. The van der Waals surface area contributed by atoms with Crippen molar-refractivity contribution < 1.29 is 9.53 Å². The number of likely N-dealkylation sites (tertiary alicyclic amines) is 1. The van der Waals surface area contributed by atoms with Gasteiger partial charge in [-0.15, -0.1) is 0 Å². The van der Waals surface area contributed by atoms with E-state index in [2.05, 4.69) is 49.3 Å². The van der Waals surface area contributed by atoms with Crippen LogP contribution in [0.1, 0.15) is 66.7 Å². The molecule has 2 aliphatic rings. The van der Waals surface area contributed by atoms with E-state index in [1.807, 2.05) is 0 Å². The molecule has 2 fully saturated rings. The fourth-order valence-electron chi connectivity index (χ4n) is 4.51. The number of rotatable bonds is 9. The van der Waals surface area contributed by atoms with E-state index in [0.29, 0.717) is 36.7 Å². The van der Waals surface area contributed by atoms with Crippen molar-refractivity contribution in [3.05, 3.63) is 0 Å². The Hall–Kier alpha value is -0.650. The molecule has 0 radical (unpaired) electrons. The van der Waals surface area contributed by atoms with Crippen LogP contribution in [0.15, 0.2) is 0 Å². The lowest BCUT2D eigenvalue weighted by atomic mass is 10.1. The number of unbranched alkanes of at least 4 members (excludes halogenated alkanes) is 2. The van der Waals surface area contributed by atoms with Gasteiger partial charge in [-0.3, -0.25) is 14.6 Å². The predicted octanol–water partition coefficient (Wildman–Crippen LogP) is 2.99. The number of hydrogen-bond acceptors (Lipinski definition) is 4. The Balaban J connectivity index is 1.87. The van der Waals surface area contributed by atoms with Gasteiger partial charge < -0.3 is 9.64 Å². The van der Waals surface area contributed by atoms with E-state index in [4.69, 9.17) is 4.74 Å². The summed E-state index contributed by atoms with van der Waals surface area (Å²) in [6, 6.07) is 0.808. The molecule has 3 atom stereocenters. The van der Waals surface area contributed by atoms with E-state index < -0.39 is 0 Å². The summed E-state index contributed by atoms with van der Waals surface area (Å²) in [4.78, 5) is 20.0. The third kappa shape index (κ3) is 6.50. The van der Waals surface area contributed by atoms with Crippen molar-refractivity contribution in [1.29, 1.82) is 0 Å². The van der Waals surface area contributed by atoms with Crippen molar-refractivity contribution in [3.63, 3.8) is 0 Å². The molecule has 152 valence electrons. The minimum atomic E-state index is 0.293. The first-order valence-corrected chi connectivity index (χ1v) is 10.8. The molecule has 0 aromatic heterocycles. The van der Waals surface area contributed by atoms with Crippen molar-refractivity contribution >= 4 is 5.91 Å². The third-order valence-corrected chi connectivity index (χ3v) is 5.75. The average Bonchev–Trinajstić information content (AvgIpc) is 2.97. The third-order valence-electron chi connectivity index (χ3n) is 5.75. The maximum Gasteiger partial charge on any atom is 0.236 e. The molecule has 0 aromatic carbocycles. The number of ether oxygens (including phenoxy) is 1. The van der Waals surface area contributed by atoms with Crippen LogP contribution in [0.3, 0.4) is 0 Å². The summed E-state index contributed by atoms with van der Waals surface area (Å²) in [5.41, 5.74) is 0. The first-order valence-electron chi connectivity index (χ1n) is 10.8. The van der Waals surface area contributed by atoms with Crippen LogP contribution in [0.25, 0.3) is 0 Å². The number of nitrogens with zero attached hydrogens (tertiary/aromatic N) is 3. The number of carbonyl (C=O) groups is 1. The van der Waals surface area contributed by atoms with Gasteiger partial charge in [0.25, 0.3) is 0 Å². The van der Waals surface area contributed by atoms with Gasteiger partial charge in [0.1, 0.15) is 0 Å². The van der Waals surface area contributed by atoms with Crippen molar-refractivity contribution in [3.8, 4) is 0 Å². The van der Waals surface area contributed by atoms with Crippen molar-refractivity contribution in [2.75, 3.05) is 39.3 Å². The fourth-order valence-corrected chi connectivity index (χ4v) is 4.51. The molecule has 2 aliphatic heterocycles. The molecule has 3 unspecified atom stereocenters. The van der Waals surface area contributed by atoms with Crippen molar-refractivity contribution in [2.24, 2.45) is 0 Å². The van der Waals surface area contributed by atoms with E-state index >= 15 is 0 Å². The summed E-state index contributed by atoms with van der Waals surface area (Å²) in [5, 5.41) is 0. The average molecular weight is 368 g/mol. The van der Waals surface area contributed by atoms with Crippen molar-refractivity contribution in [1.82, 2.24) is 14.7 Å². The molecule has 2 rings (SSSR count). The Morgan fingerprint density at radius 3 is 2.50 bits per heavy atom. The topological polar surface area (TPSA) is 36.0 Å². The molecule has 0 aliphatic carbocycles. The number of morpholine rings is 1. The lowest BCUT2D eigenvalue weighted by Gasteiger charge is -2.38. The molecular formula is C21H41N3O2. The Kier molecular flexibility index (Phi) is 8.85. The largest absolute Gasteiger partial charge is 0.373 e. The highest BCUT2D eigenvalue weighted by molar-refractivity contribution is 5.78. The zero-order chi connectivity index (χ0) is 19.1. The summed E-state index contributed by atoms with van der Waals surface area (Å²) < 4.78 is 5.86. The number of carbonyl (C=O) groups excluding carboxylic acids is 1. The zero-order valence-electron chi connectivity index (χ0n) is 17.7. The monoisotopic (exact) mass is 367 g/mol. The smallest absolute Gasteiger partial charge is 0.236 e. The van der Waals surface area contributed by atoms with Crippen molar-refractivity contribution in [2.45, 2.75) is 91.0 Å². The fraction of sp³-hybridized carbons (Fsp3) is 0.952. The molecule has 0 bridgehead atoms. The second-order valence-electron chi connectivity index (χ2n) is 8.63. The summed E-state index contributed by atoms with van der Waals surface area (Å²) >= 11 is 0. The maximum absolute atomic E-state index is 12.9. The molecule has 2 saturated heterocycles. The second-order valence-corrected chi connectivity index (χ2v) is 8.63. The predicted molar refractivity (Wildman–Crippen MR) is 107 cm³/mol. The van der Waals surface area contributed by atoms with E-state index in [0.717, 1.165) is 39.1 Å². The zero-order valence-corrected chi connectivity index (χ0v) is 17.7. The number of hydrogen-bond donors (Lipinski definition) is 0. The Morgan fingerprint density at radius 1 is 1.19 bits per heavy atom.